The minimum Gasteiger partial charge on any atom is -0.394 e. The highest BCUT2D eigenvalue weighted by atomic mass is 32.1. The summed E-state index contributed by atoms with van der Waals surface area (Å²) in [6.45, 7) is 2.28. The Bertz CT molecular complexity index is 635. The molecular weight excluding hydrogens is 276 g/mol. The Hall–Kier alpha value is -1.99. The van der Waals surface area contributed by atoms with Crippen molar-refractivity contribution in [1.29, 1.82) is 0 Å². The molecular formula is C13H16N4O2S. The van der Waals surface area contributed by atoms with E-state index in [1.54, 1.807) is 28.8 Å². The van der Waals surface area contributed by atoms with Crippen LogP contribution in [0.2, 0.25) is 0 Å². The largest absolute Gasteiger partial charge is 0.394 e. The lowest BCUT2D eigenvalue weighted by atomic mass is 10.2. The Morgan fingerprint density at radius 1 is 1.50 bits per heavy atom. The Morgan fingerprint density at radius 2 is 2.20 bits per heavy atom. The highest BCUT2D eigenvalue weighted by molar-refractivity contribution is 7.71. The number of nitrogens with zero attached hydrogens (tertiary/aromatic N) is 2. The first-order valence-electron chi connectivity index (χ1n) is 6.29. The maximum absolute atomic E-state index is 12.1. The van der Waals surface area contributed by atoms with Gasteiger partial charge in [0.25, 0.3) is 5.91 Å². The molecule has 6 nitrogen and oxygen atoms in total. The molecule has 106 valence electrons. The predicted octanol–water partition coefficient (Wildman–Crippen LogP) is 1.42. The van der Waals surface area contributed by atoms with Gasteiger partial charge >= 0.3 is 0 Å². The van der Waals surface area contributed by atoms with E-state index in [9.17, 15) is 9.90 Å². The van der Waals surface area contributed by atoms with Crippen LogP contribution < -0.4 is 5.32 Å². The van der Waals surface area contributed by atoms with Crippen molar-refractivity contribution in [2.24, 2.45) is 0 Å². The van der Waals surface area contributed by atoms with Crippen LogP contribution in [-0.2, 0) is 6.54 Å². The molecule has 0 unspecified atom stereocenters. The SMILES string of the molecule is CCn1c([C@@H](CO)NC(=O)c2ccccc2)n[nH]c1=S. The van der Waals surface area contributed by atoms with Crippen LogP contribution in [0, 0.1) is 4.77 Å². The first-order chi connectivity index (χ1) is 9.67. The number of nitrogens with one attached hydrogen (secondary N) is 2. The van der Waals surface area contributed by atoms with Gasteiger partial charge in [-0.25, -0.2) is 0 Å². The Labute approximate surface area is 121 Å². The number of rotatable bonds is 5. The molecule has 1 heterocycles. The number of aliphatic hydroxyl groups excluding tert-OH is 1. The fraction of sp³-hybridized carbons (Fsp3) is 0.308. The Morgan fingerprint density at radius 3 is 2.80 bits per heavy atom. The zero-order chi connectivity index (χ0) is 14.5. The first kappa shape index (κ1) is 14.4. The van der Waals surface area contributed by atoms with E-state index in [1.165, 1.54) is 0 Å². The summed E-state index contributed by atoms with van der Waals surface area (Å²) in [5, 5.41) is 19.0. The van der Waals surface area contributed by atoms with E-state index in [2.05, 4.69) is 15.5 Å². The predicted molar refractivity (Wildman–Crippen MR) is 76.8 cm³/mol. The summed E-state index contributed by atoms with van der Waals surface area (Å²) >= 11 is 5.10. The van der Waals surface area contributed by atoms with E-state index >= 15 is 0 Å². The second kappa shape index (κ2) is 6.44. The molecule has 2 rings (SSSR count). The fourth-order valence-electron chi connectivity index (χ4n) is 1.92. The number of carbonyl (C=O) groups excluding carboxylic acids is 1. The maximum Gasteiger partial charge on any atom is 0.251 e. The normalized spacial score (nSPS) is 12.1. The van der Waals surface area contributed by atoms with E-state index in [0.717, 1.165) is 0 Å². The number of amides is 1. The molecule has 7 heteroatoms. The van der Waals surface area contributed by atoms with E-state index in [-0.39, 0.29) is 12.5 Å². The molecule has 0 saturated carbocycles. The van der Waals surface area contributed by atoms with Gasteiger partial charge in [-0.2, -0.15) is 5.10 Å². The van der Waals surface area contributed by atoms with Gasteiger partial charge in [0.2, 0.25) is 0 Å². The molecule has 1 amide bonds. The van der Waals surface area contributed by atoms with Crippen LogP contribution in [0.4, 0.5) is 0 Å². The van der Waals surface area contributed by atoms with Gasteiger partial charge in [0.1, 0.15) is 6.04 Å². The molecule has 0 aliphatic carbocycles. The molecule has 0 fully saturated rings. The summed E-state index contributed by atoms with van der Waals surface area (Å²) < 4.78 is 2.21. The second-order valence-electron chi connectivity index (χ2n) is 4.21. The summed E-state index contributed by atoms with van der Waals surface area (Å²) in [4.78, 5) is 12.1. The van der Waals surface area contributed by atoms with Crippen LogP contribution in [0.3, 0.4) is 0 Å². The average molecular weight is 292 g/mol. The standard InChI is InChI=1S/C13H16N4O2S/c1-2-17-11(15-16-13(17)20)10(8-18)14-12(19)9-6-4-3-5-7-9/h3-7,10,18H,2,8H2,1H3,(H,14,19)(H,16,20)/t10-/m1/s1. The number of aromatic nitrogens is 3. The topological polar surface area (TPSA) is 82.9 Å². The van der Waals surface area contributed by atoms with Gasteiger partial charge in [-0.15, -0.1) is 0 Å². The van der Waals surface area contributed by atoms with E-state index in [1.807, 2.05) is 13.0 Å². The van der Waals surface area contributed by atoms with Crippen molar-refractivity contribution in [3.05, 3.63) is 46.5 Å². The minimum absolute atomic E-state index is 0.252. The maximum atomic E-state index is 12.1. The molecule has 2 aromatic rings. The molecule has 1 atom stereocenters. The highest BCUT2D eigenvalue weighted by Gasteiger charge is 2.20. The summed E-state index contributed by atoms with van der Waals surface area (Å²) in [7, 11) is 0. The van der Waals surface area contributed by atoms with Crippen LogP contribution >= 0.6 is 12.2 Å². The lowest BCUT2D eigenvalue weighted by Crippen LogP contribution is -2.32. The molecule has 20 heavy (non-hydrogen) atoms. The van der Waals surface area contributed by atoms with Gasteiger partial charge in [-0.05, 0) is 31.3 Å². The van der Waals surface area contributed by atoms with Crippen molar-refractivity contribution >= 4 is 18.1 Å². The lowest BCUT2D eigenvalue weighted by molar-refractivity contribution is 0.0911. The number of carbonyl (C=O) groups is 1. The Balaban J connectivity index is 2.21. The molecule has 0 radical (unpaired) electrons. The van der Waals surface area contributed by atoms with Crippen LogP contribution in [0.5, 0.6) is 0 Å². The zero-order valence-electron chi connectivity index (χ0n) is 11.0. The van der Waals surface area contributed by atoms with Gasteiger partial charge in [0.15, 0.2) is 10.6 Å². The summed E-state index contributed by atoms with van der Waals surface area (Å²) in [6, 6.07) is 8.22. The van der Waals surface area contributed by atoms with Crippen molar-refractivity contribution in [1.82, 2.24) is 20.1 Å². The number of aromatic amines is 1. The zero-order valence-corrected chi connectivity index (χ0v) is 11.9. The Kier molecular flexibility index (Phi) is 4.65. The van der Waals surface area contributed by atoms with Crippen molar-refractivity contribution in [2.75, 3.05) is 6.61 Å². The number of hydrogen-bond donors (Lipinski definition) is 3. The highest BCUT2D eigenvalue weighted by Crippen LogP contribution is 2.11. The summed E-state index contributed by atoms with van der Waals surface area (Å²) in [6.07, 6.45) is 0. The van der Waals surface area contributed by atoms with Crippen LogP contribution in [0.25, 0.3) is 0 Å². The molecule has 0 bridgehead atoms. The van der Waals surface area contributed by atoms with Crippen LogP contribution in [-0.4, -0.2) is 32.4 Å². The van der Waals surface area contributed by atoms with Crippen LogP contribution in [0.1, 0.15) is 29.1 Å². The van der Waals surface area contributed by atoms with Crippen molar-refractivity contribution in [2.45, 2.75) is 19.5 Å². The van der Waals surface area contributed by atoms with Crippen molar-refractivity contribution in [3.63, 3.8) is 0 Å². The van der Waals surface area contributed by atoms with Gasteiger partial charge in [-0.3, -0.25) is 9.89 Å². The third-order valence-electron chi connectivity index (χ3n) is 2.94. The lowest BCUT2D eigenvalue weighted by Gasteiger charge is -2.16. The monoisotopic (exact) mass is 292 g/mol. The van der Waals surface area contributed by atoms with E-state index < -0.39 is 6.04 Å². The fourth-order valence-corrected chi connectivity index (χ4v) is 2.19. The molecule has 0 aliphatic heterocycles. The molecule has 0 spiro atoms. The number of H-pyrrole nitrogens is 1. The smallest absolute Gasteiger partial charge is 0.251 e. The van der Waals surface area contributed by atoms with E-state index in [0.29, 0.717) is 22.7 Å². The molecule has 1 aromatic carbocycles. The minimum atomic E-state index is -0.601. The second-order valence-corrected chi connectivity index (χ2v) is 4.59. The first-order valence-corrected chi connectivity index (χ1v) is 6.70. The quantitative estimate of drug-likeness (QED) is 0.728. The van der Waals surface area contributed by atoms with Crippen molar-refractivity contribution in [3.8, 4) is 0 Å². The number of aliphatic hydroxyl groups is 1. The van der Waals surface area contributed by atoms with Gasteiger partial charge in [0, 0.05) is 12.1 Å². The summed E-state index contributed by atoms with van der Waals surface area (Å²) in [5.74, 6) is 0.255. The third-order valence-corrected chi connectivity index (χ3v) is 3.25. The van der Waals surface area contributed by atoms with Gasteiger partial charge in [0.05, 0.1) is 6.61 Å². The number of benzene rings is 1. The van der Waals surface area contributed by atoms with E-state index in [4.69, 9.17) is 12.2 Å². The van der Waals surface area contributed by atoms with Gasteiger partial charge < -0.3 is 15.0 Å². The van der Waals surface area contributed by atoms with Crippen LogP contribution in [0.15, 0.2) is 30.3 Å². The molecule has 3 N–H and O–H groups in total. The summed E-state index contributed by atoms with van der Waals surface area (Å²) in [5.41, 5.74) is 0.531. The molecule has 1 aromatic heterocycles. The average Bonchev–Trinajstić information content (AvgIpc) is 2.86. The molecule has 0 saturated heterocycles. The molecule has 0 aliphatic rings. The third kappa shape index (κ3) is 2.94. The van der Waals surface area contributed by atoms with Crippen molar-refractivity contribution < 1.29 is 9.90 Å². The van der Waals surface area contributed by atoms with Gasteiger partial charge in [-0.1, -0.05) is 18.2 Å². The number of hydrogen-bond acceptors (Lipinski definition) is 4.